The number of hydrogen-bond donors (Lipinski definition) is 1. The highest BCUT2D eigenvalue weighted by Gasteiger charge is 2.13. The molecule has 27 heavy (non-hydrogen) atoms. The third kappa shape index (κ3) is 5.95. The minimum absolute atomic E-state index is 0.0172. The Morgan fingerprint density at radius 1 is 1.15 bits per heavy atom. The fourth-order valence-corrected chi connectivity index (χ4v) is 2.25. The first-order valence-electron chi connectivity index (χ1n) is 8.05. The van der Waals surface area contributed by atoms with Crippen molar-refractivity contribution in [1.82, 2.24) is 5.43 Å². The van der Waals surface area contributed by atoms with E-state index in [4.69, 9.17) is 9.47 Å². The summed E-state index contributed by atoms with van der Waals surface area (Å²) in [6.07, 6.45) is 0. The van der Waals surface area contributed by atoms with Gasteiger partial charge in [0.2, 0.25) is 0 Å². The molecule has 0 saturated heterocycles. The zero-order valence-electron chi connectivity index (χ0n) is 15.2. The summed E-state index contributed by atoms with van der Waals surface area (Å²) in [6, 6.07) is 11.6. The fourth-order valence-electron chi connectivity index (χ4n) is 2.25. The minimum atomic E-state index is -2.96. The Labute approximate surface area is 155 Å². The molecule has 144 valence electrons. The molecule has 0 heterocycles. The lowest BCUT2D eigenvalue weighted by Gasteiger charge is -2.12. The Morgan fingerprint density at radius 3 is 2.52 bits per heavy atom. The van der Waals surface area contributed by atoms with E-state index in [1.54, 1.807) is 43.3 Å². The van der Waals surface area contributed by atoms with E-state index in [1.807, 2.05) is 6.92 Å². The molecule has 2 aromatic carbocycles. The second-order valence-corrected chi connectivity index (χ2v) is 5.55. The number of methoxy groups -OCH3 is 1. The average Bonchev–Trinajstić information content (AvgIpc) is 2.65. The SMILES string of the molecule is COc1ccccc1OCC(=O)N/N=C(/C)c1cc(C)ccc1OC(F)F. The highest BCUT2D eigenvalue weighted by atomic mass is 19.3. The molecule has 8 heteroatoms. The summed E-state index contributed by atoms with van der Waals surface area (Å²) in [5.41, 5.74) is 3.85. The van der Waals surface area contributed by atoms with Crippen LogP contribution in [-0.4, -0.2) is 31.9 Å². The normalized spacial score (nSPS) is 11.3. The predicted octanol–water partition coefficient (Wildman–Crippen LogP) is 3.52. The van der Waals surface area contributed by atoms with Gasteiger partial charge in [0, 0.05) is 5.56 Å². The van der Waals surface area contributed by atoms with Gasteiger partial charge in [0.15, 0.2) is 18.1 Å². The van der Waals surface area contributed by atoms with Gasteiger partial charge in [0.25, 0.3) is 5.91 Å². The van der Waals surface area contributed by atoms with Crippen LogP contribution in [0.25, 0.3) is 0 Å². The number of halogens is 2. The predicted molar refractivity (Wildman–Crippen MR) is 96.7 cm³/mol. The molecule has 0 spiro atoms. The molecule has 0 saturated carbocycles. The quantitative estimate of drug-likeness (QED) is 0.564. The molecule has 0 aliphatic carbocycles. The standard InChI is InChI=1S/C19H20F2N2O4/c1-12-8-9-15(27-19(20)21)14(10-12)13(2)22-23-18(24)11-26-17-7-5-4-6-16(17)25-3/h4-10,19H,11H2,1-3H3,(H,23,24)/b22-13-. The number of aryl methyl sites for hydroxylation is 1. The van der Waals surface area contributed by atoms with Gasteiger partial charge in [-0.15, -0.1) is 0 Å². The van der Waals surface area contributed by atoms with Crippen LogP contribution < -0.4 is 19.6 Å². The number of nitrogens with zero attached hydrogens (tertiary/aromatic N) is 1. The van der Waals surface area contributed by atoms with Crippen molar-refractivity contribution in [2.24, 2.45) is 5.10 Å². The van der Waals surface area contributed by atoms with Crippen LogP contribution in [-0.2, 0) is 4.79 Å². The maximum atomic E-state index is 12.5. The van der Waals surface area contributed by atoms with Crippen LogP contribution in [0.2, 0.25) is 0 Å². The molecular formula is C19H20F2N2O4. The second kappa shape index (κ2) is 9.51. The van der Waals surface area contributed by atoms with Gasteiger partial charge in [-0.05, 0) is 38.1 Å². The van der Waals surface area contributed by atoms with Gasteiger partial charge in [0.1, 0.15) is 5.75 Å². The van der Waals surface area contributed by atoms with Crippen LogP contribution in [0.4, 0.5) is 8.78 Å². The molecule has 0 aromatic heterocycles. The van der Waals surface area contributed by atoms with Crippen LogP contribution in [0, 0.1) is 6.92 Å². The van der Waals surface area contributed by atoms with E-state index in [0.29, 0.717) is 22.8 Å². The number of nitrogens with one attached hydrogen (secondary N) is 1. The summed E-state index contributed by atoms with van der Waals surface area (Å²) in [5.74, 6) is 0.390. The third-order valence-electron chi connectivity index (χ3n) is 3.52. The number of benzene rings is 2. The molecular weight excluding hydrogens is 358 g/mol. The van der Waals surface area contributed by atoms with Crippen molar-refractivity contribution >= 4 is 11.6 Å². The first kappa shape index (κ1) is 20.2. The van der Waals surface area contributed by atoms with Crippen molar-refractivity contribution < 1.29 is 27.8 Å². The zero-order chi connectivity index (χ0) is 19.8. The average molecular weight is 378 g/mol. The molecule has 0 bridgehead atoms. The van der Waals surface area contributed by atoms with Crippen molar-refractivity contribution in [3.63, 3.8) is 0 Å². The van der Waals surface area contributed by atoms with Gasteiger partial charge >= 0.3 is 6.61 Å². The lowest BCUT2D eigenvalue weighted by molar-refractivity contribution is -0.123. The molecule has 1 amide bonds. The Bertz CT molecular complexity index is 825. The summed E-state index contributed by atoms with van der Waals surface area (Å²) >= 11 is 0. The smallest absolute Gasteiger partial charge is 0.387 e. The van der Waals surface area contributed by atoms with E-state index in [2.05, 4.69) is 15.3 Å². The number of carbonyl (C=O) groups excluding carboxylic acids is 1. The number of hydrogen-bond acceptors (Lipinski definition) is 5. The lowest BCUT2D eigenvalue weighted by Crippen LogP contribution is -2.25. The molecule has 1 N–H and O–H groups in total. The number of carbonyl (C=O) groups is 1. The fraction of sp³-hybridized carbons (Fsp3) is 0.263. The van der Waals surface area contributed by atoms with Crippen molar-refractivity contribution in [1.29, 1.82) is 0 Å². The Morgan fingerprint density at radius 2 is 1.85 bits per heavy atom. The van der Waals surface area contributed by atoms with E-state index < -0.39 is 12.5 Å². The maximum Gasteiger partial charge on any atom is 0.387 e. The minimum Gasteiger partial charge on any atom is -0.493 e. The van der Waals surface area contributed by atoms with Crippen LogP contribution in [0.1, 0.15) is 18.1 Å². The van der Waals surface area contributed by atoms with Gasteiger partial charge in [-0.1, -0.05) is 23.8 Å². The van der Waals surface area contributed by atoms with Crippen molar-refractivity contribution in [3.05, 3.63) is 53.6 Å². The second-order valence-electron chi connectivity index (χ2n) is 5.55. The molecule has 0 aliphatic heterocycles. The van der Waals surface area contributed by atoms with Crippen molar-refractivity contribution in [3.8, 4) is 17.2 Å². The van der Waals surface area contributed by atoms with Crippen molar-refractivity contribution in [2.75, 3.05) is 13.7 Å². The van der Waals surface area contributed by atoms with Crippen LogP contribution in [0.5, 0.6) is 17.2 Å². The number of alkyl halides is 2. The first-order valence-corrected chi connectivity index (χ1v) is 8.05. The molecule has 0 fully saturated rings. The third-order valence-corrected chi connectivity index (χ3v) is 3.52. The number of hydrazone groups is 1. The van der Waals surface area contributed by atoms with Gasteiger partial charge in [-0.2, -0.15) is 13.9 Å². The van der Waals surface area contributed by atoms with E-state index >= 15 is 0 Å². The van der Waals surface area contributed by atoms with Gasteiger partial charge in [0.05, 0.1) is 12.8 Å². The monoisotopic (exact) mass is 378 g/mol. The van der Waals surface area contributed by atoms with Gasteiger partial charge in [-0.25, -0.2) is 5.43 Å². The van der Waals surface area contributed by atoms with Gasteiger partial charge < -0.3 is 14.2 Å². The van der Waals surface area contributed by atoms with Crippen molar-refractivity contribution in [2.45, 2.75) is 20.5 Å². The zero-order valence-corrected chi connectivity index (χ0v) is 15.2. The summed E-state index contributed by atoms with van der Waals surface area (Å²) in [5, 5.41) is 3.94. The number of ether oxygens (including phenoxy) is 3. The largest absolute Gasteiger partial charge is 0.493 e. The summed E-state index contributed by atoms with van der Waals surface area (Å²) in [7, 11) is 1.50. The number of rotatable bonds is 8. The molecule has 6 nitrogen and oxygen atoms in total. The van der Waals surface area contributed by atoms with Crippen LogP contribution in [0.15, 0.2) is 47.6 Å². The Balaban J connectivity index is 2.02. The molecule has 0 aliphatic rings. The summed E-state index contributed by atoms with van der Waals surface area (Å²) in [6.45, 7) is 0.144. The van der Waals surface area contributed by atoms with Crippen LogP contribution in [0.3, 0.4) is 0 Å². The molecule has 0 unspecified atom stereocenters. The van der Waals surface area contributed by atoms with E-state index in [9.17, 15) is 13.6 Å². The number of para-hydroxylation sites is 2. The Kier molecular flexibility index (Phi) is 7.10. The molecule has 2 rings (SSSR count). The molecule has 2 aromatic rings. The van der Waals surface area contributed by atoms with E-state index in [0.717, 1.165) is 5.56 Å². The molecule has 0 radical (unpaired) electrons. The highest BCUT2D eigenvalue weighted by molar-refractivity contribution is 6.01. The van der Waals surface area contributed by atoms with Gasteiger partial charge in [-0.3, -0.25) is 4.79 Å². The lowest BCUT2D eigenvalue weighted by atomic mass is 10.1. The van der Waals surface area contributed by atoms with E-state index in [1.165, 1.54) is 13.2 Å². The van der Waals surface area contributed by atoms with Crippen LogP contribution >= 0.6 is 0 Å². The number of amides is 1. The topological polar surface area (TPSA) is 69.2 Å². The first-order chi connectivity index (χ1) is 12.9. The van der Waals surface area contributed by atoms with E-state index in [-0.39, 0.29) is 12.4 Å². The summed E-state index contributed by atoms with van der Waals surface area (Å²) < 4.78 is 40.1. The Hall–Kier alpha value is -3.16. The highest BCUT2D eigenvalue weighted by Crippen LogP contribution is 2.25. The molecule has 0 atom stereocenters. The summed E-state index contributed by atoms with van der Waals surface area (Å²) in [4.78, 5) is 11.9. The maximum absolute atomic E-state index is 12.5.